The molecule has 0 aliphatic carbocycles. The van der Waals surface area contributed by atoms with E-state index in [9.17, 15) is 0 Å². The van der Waals surface area contributed by atoms with Crippen molar-refractivity contribution >= 4 is 54.6 Å². The van der Waals surface area contributed by atoms with Gasteiger partial charge in [-0.25, -0.2) is 15.0 Å². The first-order valence-corrected chi connectivity index (χ1v) is 22.2. The van der Waals surface area contributed by atoms with E-state index in [1.54, 1.807) is 0 Å². The minimum atomic E-state index is 0.582. The predicted octanol–water partition coefficient (Wildman–Crippen LogP) is 16.5. The molecule has 0 unspecified atom stereocenters. The largest absolute Gasteiger partial charge is 0.456 e. The molecule has 0 atom stereocenters. The van der Waals surface area contributed by atoms with Crippen LogP contribution in [0.15, 0.2) is 233 Å². The van der Waals surface area contributed by atoms with E-state index in [-0.39, 0.29) is 0 Å². The Balaban J connectivity index is 0.982. The number of hydrogen-bond donors (Lipinski definition) is 0. The molecule has 0 N–H and O–H groups in total. The lowest BCUT2D eigenvalue weighted by atomic mass is 9.90. The Hall–Kier alpha value is -8.93. The second-order valence-corrected chi connectivity index (χ2v) is 16.8. The monoisotopic (exact) mass is 843 g/mol. The fraction of sp³-hybridized carbons (Fsp3) is 0. The van der Waals surface area contributed by atoms with Crippen molar-refractivity contribution in [2.75, 3.05) is 0 Å². The van der Waals surface area contributed by atoms with E-state index < -0.39 is 0 Å². The van der Waals surface area contributed by atoms with E-state index in [4.69, 9.17) is 23.8 Å². The van der Waals surface area contributed by atoms with Gasteiger partial charge in [-0.15, -0.1) is 0 Å². The van der Waals surface area contributed by atoms with E-state index in [1.807, 2.05) is 36.4 Å². The molecule has 0 saturated carbocycles. The topological polar surface area (TPSA) is 65.0 Å². The molecular weight excluding hydrogens is 807 g/mol. The molecule has 0 aliphatic rings. The first-order chi connectivity index (χ1) is 32.7. The van der Waals surface area contributed by atoms with Crippen LogP contribution in [0.1, 0.15) is 0 Å². The Morgan fingerprint density at radius 2 is 0.758 bits per heavy atom. The summed E-state index contributed by atoms with van der Waals surface area (Å²) in [4.78, 5) is 15.6. The van der Waals surface area contributed by atoms with Crippen molar-refractivity contribution in [2.45, 2.75) is 0 Å². The van der Waals surface area contributed by atoms with Crippen LogP contribution < -0.4 is 0 Å². The van der Waals surface area contributed by atoms with Crippen molar-refractivity contribution in [3.05, 3.63) is 224 Å². The van der Waals surface area contributed by atoms with Gasteiger partial charge >= 0.3 is 0 Å². The standard InChI is InChI=1S/C61H37N3O2/c1-3-14-38(15-4-1)46-34-47(39-16-5-2-6-17-39)36-48(35-46)50-30-29-49(57-52-23-10-12-25-55(52)66-58(50)57)42-20-13-21-43(33-42)59-62-60(44-27-26-40-18-7-8-19-41(40)32-44)64-61(63-59)45-28-31-56-53(37-45)51-22-9-11-24-54(51)65-56/h1-37H. The van der Waals surface area contributed by atoms with E-state index in [2.05, 4.69) is 188 Å². The molecule has 0 bridgehead atoms. The third-order valence-electron chi connectivity index (χ3n) is 12.7. The summed E-state index contributed by atoms with van der Waals surface area (Å²) in [6.45, 7) is 0. The average molecular weight is 844 g/mol. The molecule has 5 nitrogen and oxygen atoms in total. The van der Waals surface area contributed by atoms with E-state index >= 15 is 0 Å². The molecule has 0 amide bonds. The summed E-state index contributed by atoms with van der Waals surface area (Å²) in [7, 11) is 0. The SMILES string of the molecule is c1ccc(-c2cc(-c3ccccc3)cc(-c3ccc(-c4cccc(-c5nc(-c6ccc7ccccc7c6)nc(-c6ccc7oc8ccccc8c7c6)n5)c4)c4c3oc3ccccc34)c2)cc1. The van der Waals surface area contributed by atoms with Crippen LogP contribution in [0.2, 0.25) is 0 Å². The summed E-state index contributed by atoms with van der Waals surface area (Å²) in [6.07, 6.45) is 0. The third kappa shape index (κ3) is 6.53. The zero-order valence-corrected chi connectivity index (χ0v) is 35.5. The number of hydrogen-bond acceptors (Lipinski definition) is 5. The highest BCUT2D eigenvalue weighted by atomic mass is 16.3. The van der Waals surface area contributed by atoms with Crippen molar-refractivity contribution in [1.82, 2.24) is 15.0 Å². The molecule has 0 spiro atoms. The van der Waals surface area contributed by atoms with Gasteiger partial charge in [-0.2, -0.15) is 0 Å². The Labute approximate surface area is 379 Å². The quantitative estimate of drug-likeness (QED) is 0.160. The summed E-state index contributed by atoms with van der Waals surface area (Å²) in [5.41, 5.74) is 14.8. The number of aromatic nitrogens is 3. The maximum atomic E-state index is 6.88. The molecule has 0 aliphatic heterocycles. The third-order valence-corrected chi connectivity index (χ3v) is 12.7. The van der Waals surface area contributed by atoms with Crippen LogP contribution in [0.3, 0.4) is 0 Å². The normalized spacial score (nSPS) is 11.6. The van der Waals surface area contributed by atoms with Crippen LogP contribution >= 0.6 is 0 Å². The van der Waals surface area contributed by atoms with Gasteiger partial charge in [0.1, 0.15) is 22.3 Å². The van der Waals surface area contributed by atoms with E-state index in [1.165, 1.54) is 0 Å². The highest BCUT2D eigenvalue weighted by molar-refractivity contribution is 6.16. The number of fused-ring (bicyclic) bond motifs is 7. The Bertz CT molecular complexity index is 3940. The predicted molar refractivity (Wildman–Crippen MR) is 270 cm³/mol. The Morgan fingerprint density at radius 3 is 1.48 bits per heavy atom. The second-order valence-electron chi connectivity index (χ2n) is 16.8. The van der Waals surface area contributed by atoms with Crippen LogP contribution in [0.5, 0.6) is 0 Å². The lowest BCUT2D eigenvalue weighted by molar-refractivity contribution is 0.669. The Morgan fingerprint density at radius 1 is 0.258 bits per heavy atom. The Kier molecular flexibility index (Phi) is 8.78. The number of nitrogens with zero attached hydrogens (tertiary/aromatic N) is 3. The van der Waals surface area contributed by atoms with Crippen LogP contribution in [0.4, 0.5) is 0 Å². The lowest BCUT2D eigenvalue weighted by Gasteiger charge is -2.13. The van der Waals surface area contributed by atoms with Gasteiger partial charge in [0, 0.05) is 43.8 Å². The highest BCUT2D eigenvalue weighted by Crippen LogP contribution is 2.44. The maximum Gasteiger partial charge on any atom is 0.164 e. The van der Waals surface area contributed by atoms with Gasteiger partial charge in [-0.3, -0.25) is 0 Å². The van der Waals surface area contributed by atoms with Crippen molar-refractivity contribution in [2.24, 2.45) is 0 Å². The van der Waals surface area contributed by atoms with E-state index in [0.29, 0.717) is 17.5 Å². The van der Waals surface area contributed by atoms with E-state index in [0.717, 1.165) is 116 Å². The molecule has 308 valence electrons. The molecule has 3 heterocycles. The fourth-order valence-electron chi connectivity index (χ4n) is 9.46. The van der Waals surface area contributed by atoms with Crippen molar-refractivity contribution in [1.29, 1.82) is 0 Å². The van der Waals surface area contributed by atoms with Crippen LogP contribution in [0, 0.1) is 0 Å². The zero-order chi connectivity index (χ0) is 43.6. The molecule has 0 fully saturated rings. The summed E-state index contributed by atoms with van der Waals surface area (Å²) in [5.74, 6) is 1.77. The smallest absolute Gasteiger partial charge is 0.164 e. The summed E-state index contributed by atoms with van der Waals surface area (Å²) < 4.78 is 13.1. The summed E-state index contributed by atoms with van der Waals surface area (Å²) in [6, 6.07) is 78.3. The van der Waals surface area contributed by atoms with Gasteiger partial charge < -0.3 is 8.83 Å². The molecule has 0 radical (unpaired) electrons. The van der Waals surface area contributed by atoms with Crippen LogP contribution in [-0.2, 0) is 0 Å². The number of rotatable bonds is 7. The van der Waals surface area contributed by atoms with Gasteiger partial charge in [0.15, 0.2) is 17.5 Å². The highest BCUT2D eigenvalue weighted by Gasteiger charge is 2.20. The number of furan rings is 2. The molecule has 66 heavy (non-hydrogen) atoms. The number of para-hydroxylation sites is 2. The lowest BCUT2D eigenvalue weighted by Crippen LogP contribution is -2.00. The minimum absolute atomic E-state index is 0.582. The number of benzene rings is 10. The second kappa shape index (κ2) is 15.4. The van der Waals surface area contributed by atoms with Gasteiger partial charge in [0.25, 0.3) is 0 Å². The van der Waals surface area contributed by atoms with Gasteiger partial charge in [-0.05, 0) is 116 Å². The minimum Gasteiger partial charge on any atom is -0.456 e. The van der Waals surface area contributed by atoms with Crippen LogP contribution in [-0.4, -0.2) is 15.0 Å². The summed E-state index contributed by atoms with van der Waals surface area (Å²) >= 11 is 0. The zero-order valence-electron chi connectivity index (χ0n) is 35.5. The van der Waals surface area contributed by atoms with Crippen molar-refractivity contribution in [3.8, 4) is 78.7 Å². The first-order valence-electron chi connectivity index (χ1n) is 22.2. The average Bonchev–Trinajstić information content (AvgIpc) is 3.97. The van der Waals surface area contributed by atoms with Gasteiger partial charge in [0.05, 0.1) is 0 Å². The molecule has 10 aromatic carbocycles. The molecule has 13 aromatic rings. The van der Waals surface area contributed by atoms with Gasteiger partial charge in [-0.1, -0.05) is 158 Å². The molecule has 3 aromatic heterocycles. The summed E-state index contributed by atoms with van der Waals surface area (Å²) in [5, 5.41) is 6.46. The van der Waals surface area contributed by atoms with Crippen molar-refractivity contribution in [3.63, 3.8) is 0 Å². The molecule has 13 rings (SSSR count). The molecule has 5 heteroatoms. The fourth-order valence-corrected chi connectivity index (χ4v) is 9.46. The van der Waals surface area contributed by atoms with Crippen LogP contribution in [0.25, 0.3) is 133 Å². The maximum absolute atomic E-state index is 6.88. The van der Waals surface area contributed by atoms with Gasteiger partial charge in [0.2, 0.25) is 0 Å². The first kappa shape index (κ1) is 37.6. The molecule has 0 saturated heterocycles. The van der Waals surface area contributed by atoms with Crippen molar-refractivity contribution < 1.29 is 8.83 Å². The molecular formula is C61H37N3O2.